The fraction of sp³-hybridized carbons (Fsp3) is 0.741. The van der Waals surface area contributed by atoms with Gasteiger partial charge in [0.2, 0.25) is 0 Å². The van der Waals surface area contributed by atoms with Gasteiger partial charge in [-0.15, -0.1) is 0 Å². The highest BCUT2D eigenvalue weighted by molar-refractivity contribution is 5.88. The van der Waals surface area contributed by atoms with Crippen molar-refractivity contribution < 1.29 is 31.2 Å². The van der Waals surface area contributed by atoms with Crippen LogP contribution in [0.1, 0.15) is 137 Å². The SMILES string of the molecule is CCCCCCCCCCCCCCCCCCc1c(C)ccc(C([NH3+])=O)c1C.[O-][Cl+][O-]. The molecule has 186 valence electrons. The molecule has 1 rings (SSSR count). The monoisotopic (exact) mass is 469 g/mol. The van der Waals surface area contributed by atoms with Gasteiger partial charge in [-0.25, -0.2) is 4.79 Å². The number of hydrogen-bond acceptors (Lipinski definition) is 3. The second-order valence-electron chi connectivity index (χ2n) is 9.07. The van der Waals surface area contributed by atoms with E-state index in [-0.39, 0.29) is 5.91 Å². The smallest absolute Gasteiger partial charge is 0.341 e. The predicted octanol–water partition coefficient (Wildman–Crippen LogP) is 5.11. The Bertz CT molecular complexity index is 593. The van der Waals surface area contributed by atoms with Gasteiger partial charge in [-0.05, 0) is 49.4 Å². The Balaban J connectivity index is 0.00000302. The number of carbonyl (C=O) groups excluding carboxylic acids is 1. The summed E-state index contributed by atoms with van der Waals surface area (Å²) in [5.74, 6) is -0.0595. The van der Waals surface area contributed by atoms with E-state index in [1.165, 1.54) is 114 Å². The zero-order chi connectivity index (χ0) is 24.0. The fourth-order valence-corrected chi connectivity index (χ4v) is 4.43. The van der Waals surface area contributed by atoms with Crippen LogP contribution in [0.25, 0.3) is 0 Å². The van der Waals surface area contributed by atoms with Crippen molar-refractivity contribution >= 4 is 5.91 Å². The Labute approximate surface area is 201 Å². The summed E-state index contributed by atoms with van der Waals surface area (Å²) in [6, 6.07) is 4.00. The third-order valence-corrected chi connectivity index (χ3v) is 6.41. The predicted molar refractivity (Wildman–Crippen MR) is 126 cm³/mol. The topological polar surface area (TPSA) is 90.8 Å². The van der Waals surface area contributed by atoms with Crippen LogP contribution in [0, 0.1) is 25.2 Å². The lowest BCUT2D eigenvalue weighted by molar-refractivity contribution is -1.41. The first kappa shape index (κ1) is 31.1. The first-order valence-electron chi connectivity index (χ1n) is 12.8. The van der Waals surface area contributed by atoms with Gasteiger partial charge in [0.1, 0.15) is 0 Å². The summed E-state index contributed by atoms with van der Waals surface area (Å²) in [5.41, 5.74) is 8.20. The van der Waals surface area contributed by atoms with E-state index in [2.05, 4.69) is 32.6 Å². The second-order valence-corrected chi connectivity index (χ2v) is 9.20. The normalized spacial score (nSPS) is 10.7. The molecule has 0 saturated heterocycles. The van der Waals surface area contributed by atoms with Gasteiger partial charge in [-0.2, -0.15) is 0 Å². The fourth-order valence-electron chi connectivity index (χ4n) is 4.43. The van der Waals surface area contributed by atoms with Gasteiger partial charge < -0.3 is 9.32 Å². The van der Waals surface area contributed by atoms with Crippen molar-refractivity contribution in [2.24, 2.45) is 0 Å². The van der Waals surface area contributed by atoms with Crippen molar-refractivity contribution in [3.63, 3.8) is 0 Å². The highest BCUT2D eigenvalue weighted by Gasteiger charge is 2.13. The molecule has 0 saturated carbocycles. The minimum atomic E-state index is -0.417. The van der Waals surface area contributed by atoms with E-state index >= 15 is 0 Å². The zero-order valence-corrected chi connectivity index (χ0v) is 21.7. The van der Waals surface area contributed by atoms with Crippen molar-refractivity contribution in [1.82, 2.24) is 0 Å². The number of halogens is 1. The molecule has 1 amide bonds. The van der Waals surface area contributed by atoms with E-state index in [0.29, 0.717) is 0 Å². The maximum Gasteiger partial charge on any atom is 0.341 e. The minimum Gasteiger partial charge on any atom is -0.544 e. The van der Waals surface area contributed by atoms with E-state index in [1.807, 2.05) is 6.07 Å². The van der Waals surface area contributed by atoms with Crippen molar-refractivity contribution in [2.75, 3.05) is 0 Å². The van der Waals surface area contributed by atoms with Gasteiger partial charge in [-0.3, -0.25) is 5.73 Å². The molecular weight excluding hydrogens is 422 g/mol. The molecule has 5 heteroatoms. The lowest BCUT2D eigenvalue weighted by atomic mass is 9.93. The average molecular weight is 470 g/mol. The molecule has 1 aromatic rings. The zero-order valence-electron chi connectivity index (χ0n) is 21.0. The summed E-state index contributed by atoms with van der Waals surface area (Å²) in [6.07, 6.45) is 23.5. The molecule has 0 unspecified atom stereocenters. The van der Waals surface area contributed by atoms with E-state index in [9.17, 15) is 4.79 Å². The van der Waals surface area contributed by atoms with Gasteiger partial charge in [0, 0.05) is 0 Å². The highest BCUT2D eigenvalue weighted by Crippen LogP contribution is 2.21. The van der Waals surface area contributed by atoms with Crippen LogP contribution in [0.15, 0.2) is 12.1 Å². The number of benzene rings is 1. The number of amides is 1. The molecule has 0 spiro atoms. The molecule has 0 bridgehead atoms. The van der Waals surface area contributed by atoms with E-state index in [4.69, 9.17) is 9.32 Å². The second kappa shape index (κ2) is 21.9. The summed E-state index contributed by atoms with van der Waals surface area (Å²) in [4.78, 5) is 11.6. The van der Waals surface area contributed by atoms with Gasteiger partial charge in [0.05, 0.1) is 16.9 Å². The quantitative estimate of drug-likeness (QED) is 0.303. The van der Waals surface area contributed by atoms with Crippen LogP contribution >= 0.6 is 0 Å². The highest BCUT2D eigenvalue weighted by atomic mass is 35.6. The number of rotatable bonds is 18. The molecule has 0 aromatic heterocycles. The molecule has 0 aliphatic heterocycles. The van der Waals surface area contributed by atoms with Crippen molar-refractivity contribution in [2.45, 2.75) is 130 Å². The number of quaternary nitrogens is 1. The molecule has 0 heterocycles. The lowest BCUT2D eigenvalue weighted by Gasteiger charge is -2.12. The Morgan fingerprint density at radius 1 is 0.750 bits per heavy atom. The van der Waals surface area contributed by atoms with Gasteiger partial charge in [0.25, 0.3) is 0 Å². The lowest BCUT2D eigenvalue weighted by Crippen LogP contribution is -2.57. The van der Waals surface area contributed by atoms with Crippen molar-refractivity contribution in [3.8, 4) is 0 Å². The van der Waals surface area contributed by atoms with Crippen LogP contribution < -0.4 is 15.1 Å². The van der Waals surface area contributed by atoms with Crippen LogP contribution in [-0.4, -0.2) is 5.91 Å². The molecule has 0 radical (unpaired) electrons. The standard InChI is InChI=1S/C27H47NO.ClO2/c1-4-5-6-7-8-9-10-11-12-13-14-15-16-17-18-19-20-25-23(2)21-22-26(24(25)3)27(28)29;2-1-3/h21-22H,4-20H2,1-3H3,(H2,28,29);/q;-1/p+1. The van der Waals surface area contributed by atoms with Gasteiger partial charge >= 0.3 is 5.91 Å². The van der Waals surface area contributed by atoms with E-state index < -0.39 is 11.3 Å². The molecule has 1 aromatic carbocycles. The van der Waals surface area contributed by atoms with Crippen LogP contribution in [0.5, 0.6) is 0 Å². The Morgan fingerprint density at radius 3 is 1.50 bits per heavy atom. The van der Waals surface area contributed by atoms with E-state index in [1.54, 1.807) is 0 Å². The first-order valence-corrected chi connectivity index (χ1v) is 13.5. The Kier molecular flexibility index (Phi) is 21.2. The number of hydrogen-bond donors (Lipinski definition) is 1. The van der Waals surface area contributed by atoms with Crippen molar-refractivity contribution in [1.29, 1.82) is 0 Å². The molecule has 3 N–H and O–H groups in total. The molecule has 0 fully saturated rings. The Morgan fingerprint density at radius 2 is 1.12 bits per heavy atom. The largest absolute Gasteiger partial charge is 0.544 e. The third-order valence-electron chi connectivity index (χ3n) is 6.41. The number of aryl methyl sites for hydroxylation is 1. The third kappa shape index (κ3) is 15.8. The minimum absolute atomic E-state index is 0.0595. The molecule has 0 atom stereocenters. The molecular formula is C27H48ClNO3. The number of carbonyl (C=O) groups is 1. The molecule has 32 heavy (non-hydrogen) atoms. The molecule has 4 nitrogen and oxygen atoms in total. The first-order chi connectivity index (χ1) is 15.5. The van der Waals surface area contributed by atoms with Crippen LogP contribution in [0.4, 0.5) is 0 Å². The van der Waals surface area contributed by atoms with Crippen LogP contribution in [-0.2, 0) is 6.42 Å². The van der Waals surface area contributed by atoms with Gasteiger partial charge in [0.15, 0.2) is 0 Å². The summed E-state index contributed by atoms with van der Waals surface area (Å²) < 4.78 is 16.5. The summed E-state index contributed by atoms with van der Waals surface area (Å²) in [7, 11) is 0. The number of unbranched alkanes of at least 4 members (excludes halogenated alkanes) is 15. The summed E-state index contributed by atoms with van der Waals surface area (Å²) >= 11 is -0.417. The van der Waals surface area contributed by atoms with E-state index in [0.717, 1.165) is 17.5 Å². The molecule has 0 aliphatic carbocycles. The summed E-state index contributed by atoms with van der Waals surface area (Å²) in [6.45, 7) is 6.52. The maximum atomic E-state index is 11.6. The van der Waals surface area contributed by atoms with Gasteiger partial charge in [-0.1, -0.05) is 109 Å². The van der Waals surface area contributed by atoms with Crippen LogP contribution in [0.2, 0.25) is 0 Å². The maximum absolute atomic E-state index is 11.6. The Hall–Kier alpha value is -0.940. The summed E-state index contributed by atoms with van der Waals surface area (Å²) in [5, 5.41) is 0. The average Bonchev–Trinajstić information content (AvgIpc) is 2.75. The molecule has 0 aliphatic rings. The van der Waals surface area contributed by atoms with Crippen LogP contribution in [0.3, 0.4) is 0 Å². The van der Waals surface area contributed by atoms with Crippen molar-refractivity contribution in [3.05, 3.63) is 34.4 Å².